The lowest BCUT2D eigenvalue weighted by atomic mass is 9.45. The highest BCUT2D eigenvalue weighted by Gasteiger charge is 2.55. The van der Waals surface area contributed by atoms with Gasteiger partial charge in [0, 0.05) is 0 Å². The molecule has 4 unspecified atom stereocenters. The summed E-state index contributed by atoms with van der Waals surface area (Å²) in [4.78, 5) is 0. The van der Waals surface area contributed by atoms with Crippen molar-refractivity contribution in [2.45, 2.75) is 58.4 Å². The van der Waals surface area contributed by atoms with Gasteiger partial charge in [-0.25, -0.2) is 8.78 Å². The predicted molar refractivity (Wildman–Crippen MR) is 61.3 cm³/mol. The van der Waals surface area contributed by atoms with Crippen LogP contribution >= 0.6 is 0 Å². The first-order valence-corrected chi connectivity index (χ1v) is 6.32. The van der Waals surface area contributed by atoms with E-state index in [-0.39, 0.29) is 0 Å². The normalized spacial score (nSPS) is 40.3. The van der Waals surface area contributed by atoms with Gasteiger partial charge in [-0.1, -0.05) is 13.8 Å². The summed E-state index contributed by atoms with van der Waals surface area (Å²) in [6, 6.07) is 0. The molecule has 1 nitrogen and oxygen atoms in total. The Morgan fingerprint density at radius 3 is 2.44 bits per heavy atom. The highest BCUT2D eigenvalue weighted by molar-refractivity contribution is 5.04. The molecule has 2 bridgehead atoms. The van der Waals surface area contributed by atoms with Gasteiger partial charge in [0.25, 0.3) is 6.43 Å². The molecular formula is C13H23F2N. The molecule has 3 aliphatic rings. The molecule has 3 rings (SSSR count). The maximum Gasteiger partial charge on any atom is 0.256 e. The first-order valence-electron chi connectivity index (χ1n) is 6.32. The van der Waals surface area contributed by atoms with Gasteiger partial charge in [0.15, 0.2) is 0 Å². The maximum absolute atomic E-state index is 12.8. The minimum atomic E-state index is -2.41. The monoisotopic (exact) mass is 231 g/mol. The average Bonchev–Trinajstić information content (AvgIpc) is 2.16. The minimum Gasteiger partial charge on any atom is -0.321 e. The van der Waals surface area contributed by atoms with Gasteiger partial charge < -0.3 is 5.73 Å². The largest absolute Gasteiger partial charge is 0.321 e. The molecule has 2 N–H and O–H groups in total. The summed E-state index contributed by atoms with van der Waals surface area (Å²) < 4.78 is 25.6. The molecule has 0 aromatic rings. The quantitative estimate of drug-likeness (QED) is 0.791. The van der Waals surface area contributed by atoms with Crippen molar-refractivity contribution in [3.05, 3.63) is 0 Å². The van der Waals surface area contributed by atoms with Gasteiger partial charge >= 0.3 is 0 Å². The van der Waals surface area contributed by atoms with Crippen LogP contribution in [0.4, 0.5) is 8.78 Å². The van der Waals surface area contributed by atoms with Gasteiger partial charge in [0.05, 0.1) is 5.54 Å². The van der Waals surface area contributed by atoms with E-state index in [4.69, 9.17) is 5.73 Å². The Hall–Kier alpha value is -0.180. The van der Waals surface area contributed by atoms with E-state index in [2.05, 4.69) is 13.8 Å². The van der Waals surface area contributed by atoms with Crippen molar-refractivity contribution >= 4 is 0 Å². The summed E-state index contributed by atoms with van der Waals surface area (Å²) in [6.45, 7) is 6.07. The minimum absolute atomic E-state index is 0.362. The summed E-state index contributed by atoms with van der Waals surface area (Å²) in [5.74, 6) is 1.85. The summed E-state index contributed by atoms with van der Waals surface area (Å²) >= 11 is 0. The number of hydrogen-bond acceptors (Lipinski definition) is 1. The molecule has 3 fully saturated rings. The number of nitrogens with two attached hydrogens (primary N) is 1. The van der Waals surface area contributed by atoms with E-state index in [1.54, 1.807) is 0 Å². The molecule has 94 valence electrons. The zero-order valence-electron chi connectivity index (χ0n) is 10.5. The lowest BCUT2D eigenvalue weighted by Gasteiger charge is -2.61. The Kier molecular flexibility index (Phi) is 2.81. The predicted octanol–water partition coefficient (Wildman–Crippen LogP) is 3.43. The molecule has 0 saturated heterocycles. The summed E-state index contributed by atoms with van der Waals surface area (Å²) in [7, 11) is 0. The Morgan fingerprint density at radius 1 is 1.38 bits per heavy atom. The second-order valence-electron chi connectivity index (χ2n) is 6.71. The Labute approximate surface area is 96.8 Å². The molecule has 0 aliphatic heterocycles. The van der Waals surface area contributed by atoms with Crippen LogP contribution in [0.25, 0.3) is 0 Å². The fourth-order valence-corrected chi connectivity index (χ4v) is 3.86. The van der Waals surface area contributed by atoms with Gasteiger partial charge in [0.1, 0.15) is 0 Å². The van der Waals surface area contributed by atoms with E-state index in [9.17, 15) is 8.78 Å². The molecule has 16 heavy (non-hydrogen) atoms. The topological polar surface area (TPSA) is 26.0 Å². The Bertz CT molecular complexity index is 271. The van der Waals surface area contributed by atoms with Crippen molar-refractivity contribution < 1.29 is 8.78 Å². The van der Waals surface area contributed by atoms with E-state index < -0.39 is 12.0 Å². The highest BCUT2D eigenvalue weighted by Crippen LogP contribution is 2.62. The Balaban J connectivity index is 2.01. The van der Waals surface area contributed by atoms with Crippen LogP contribution in [0.15, 0.2) is 0 Å². The van der Waals surface area contributed by atoms with Crippen LogP contribution in [-0.4, -0.2) is 12.0 Å². The van der Waals surface area contributed by atoms with Crippen LogP contribution in [0.3, 0.4) is 0 Å². The molecule has 3 heteroatoms. The van der Waals surface area contributed by atoms with E-state index >= 15 is 0 Å². The second kappa shape index (κ2) is 3.66. The summed E-state index contributed by atoms with van der Waals surface area (Å²) in [5.41, 5.74) is 4.77. The van der Waals surface area contributed by atoms with E-state index in [0.29, 0.717) is 23.7 Å². The molecule has 0 spiro atoms. The van der Waals surface area contributed by atoms with Gasteiger partial charge in [-0.2, -0.15) is 0 Å². The zero-order valence-corrected chi connectivity index (χ0v) is 10.5. The van der Waals surface area contributed by atoms with Gasteiger partial charge in [-0.3, -0.25) is 0 Å². The van der Waals surface area contributed by atoms with E-state index in [1.807, 2.05) is 0 Å². The highest BCUT2D eigenvalue weighted by atomic mass is 19.3. The first-order chi connectivity index (χ1) is 7.25. The number of halogens is 2. The van der Waals surface area contributed by atoms with Crippen molar-refractivity contribution in [3.8, 4) is 0 Å². The first kappa shape index (κ1) is 12.3. The molecule has 0 aromatic carbocycles. The fourth-order valence-electron chi connectivity index (χ4n) is 3.86. The number of alkyl halides is 2. The molecule has 3 aliphatic carbocycles. The molecule has 4 atom stereocenters. The third-order valence-electron chi connectivity index (χ3n) is 5.20. The van der Waals surface area contributed by atoms with Gasteiger partial charge in [-0.05, 0) is 55.8 Å². The van der Waals surface area contributed by atoms with Crippen LogP contribution < -0.4 is 5.73 Å². The van der Waals surface area contributed by atoms with Gasteiger partial charge in [0.2, 0.25) is 0 Å². The van der Waals surface area contributed by atoms with Crippen molar-refractivity contribution in [1.29, 1.82) is 0 Å². The lowest BCUT2D eigenvalue weighted by Crippen LogP contribution is -2.55. The van der Waals surface area contributed by atoms with E-state index in [0.717, 1.165) is 12.3 Å². The van der Waals surface area contributed by atoms with Crippen LogP contribution in [0, 0.1) is 23.2 Å². The smallest absolute Gasteiger partial charge is 0.256 e. The van der Waals surface area contributed by atoms with Crippen LogP contribution in [0.2, 0.25) is 0 Å². The maximum atomic E-state index is 12.8. The van der Waals surface area contributed by atoms with Crippen molar-refractivity contribution in [2.24, 2.45) is 28.9 Å². The molecule has 3 saturated carbocycles. The SMILES string of the molecule is CC(N)(CC1CCC2CC1C2(C)C)C(F)F. The third-order valence-corrected chi connectivity index (χ3v) is 5.20. The number of rotatable bonds is 3. The second-order valence-corrected chi connectivity index (χ2v) is 6.71. The van der Waals surface area contributed by atoms with Crippen LogP contribution in [0.5, 0.6) is 0 Å². The molecule has 0 amide bonds. The van der Waals surface area contributed by atoms with Crippen molar-refractivity contribution in [3.63, 3.8) is 0 Å². The molecule has 0 radical (unpaired) electrons. The van der Waals surface area contributed by atoms with Crippen molar-refractivity contribution in [1.82, 2.24) is 0 Å². The van der Waals surface area contributed by atoms with E-state index in [1.165, 1.54) is 19.8 Å². The lowest BCUT2D eigenvalue weighted by molar-refractivity contribution is -0.116. The average molecular weight is 231 g/mol. The third kappa shape index (κ3) is 1.77. The van der Waals surface area contributed by atoms with Crippen LogP contribution in [-0.2, 0) is 0 Å². The number of fused-ring (bicyclic) bond motifs is 2. The summed E-state index contributed by atoms with van der Waals surface area (Å²) in [6.07, 6.45) is 1.60. The van der Waals surface area contributed by atoms with Crippen LogP contribution in [0.1, 0.15) is 46.5 Å². The summed E-state index contributed by atoms with van der Waals surface area (Å²) in [5, 5.41) is 0. The fraction of sp³-hybridized carbons (Fsp3) is 1.00. The van der Waals surface area contributed by atoms with Gasteiger partial charge in [-0.15, -0.1) is 0 Å². The molecule has 0 aromatic heterocycles. The number of hydrogen-bond donors (Lipinski definition) is 1. The van der Waals surface area contributed by atoms with Crippen molar-refractivity contribution in [2.75, 3.05) is 0 Å². The Morgan fingerprint density at radius 2 is 2.00 bits per heavy atom. The molecular weight excluding hydrogens is 208 g/mol. The standard InChI is InChI=1S/C13H23F2N/c1-12(2)9-5-4-8(10(12)6-9)7-13(3,16)11(14)15/h8-11H,4-7,16H2,1-3H3. The molecule has 0 heterocycles. The zero-order chi connectivity index (χ0) is 12.1.